The van der Waals surface area contributed by atoms with Gasteiger partial charge in [-0.05, 0) is 25.1 Å². The number of sulfonamides is 1. The third-order valence-corrected chi connectivity index (χ3v) is 4.92. The monoisotopic (exact) mass is 296 g/mol. The first-order valence-electron chi connectivity index (χ1n) is 6.01. The van der Waals surface area contributed by atoms with Crippen LogP contribution in [-0.2, 0) is 10.0 Å². The summed E-state index contributed by atoms with van der Waals surface area (Å²) in [5.74, 6) is 0. The number of H-pyrrole nitrogens is 1. The maximum Gasteiger partial charge on any atom is 0.242 e. The Balaban J connectivity index is 2.77. The number of aromatic amines is 1. The maximum atomic E-state index is 12.2. The molecule has 2 N–H and O–H groups in total. The first kappa shape index (κ1) is 14.7. The summed E-state index contributed by atoms with van der Waals surface area (Å²) < 4.78 is 25.2. The molecule has 0 amide bonds. The summed E-state index contributed by atoms with van der Waals surface area (Å²) in [6.45, 7) is 1.48. The van der Waals surface area contributed by atoms with Crippen molar-refractivity contribution in [2.45, 2.75) is 17.9 Å². The second-order valence-corrected chi connectivity index (χ2v) is 6.90. The van der Waals surface area contributed by atoms with Crippen LogP contribution in [0.15, 0.2) is 34.1 Å². The standard InChI is InChI=1S/C13H16N2O4S/c1-8(16)11-7-14-12-5-4-9(6-10(12)13(11)17)20(18,19)15(2)3/h4-8,16H,1-3H3,(H,14,17). The van der Waals surface area contributed by atoms with Crippen molar-refractivity contribution in [2.75, 3.05) is 14.1 Å². The van der Waals surface area contributed by atoms with E-state index in [9.17, 15) is 18.3 Å². The molecule has 0 saturated carbocycles. The molecule has 2 rings (SSSR count). The van der Waals surface area contributed by atoms with E-state index in [4.69, 9.17) is 0 Å². The van der Waals surface area contributed by atoms with Crippen LogP contribution in [0.2, 0.25) is 0 Å². The van der Waals surface area contributed by atoms with Crippen LogP contribution in [0.4, 0.5) is 0 Å². The van der Waals surface area contributed by atoms with Crippen molar-refractivity contribution in [1.82, 2.24) is 9.29 Å². The van der Waals surface area contributed by atoms with Gasteiger partial charge in [0.2, 0.25) is 10.0 Å². The van der Waals surface area contributed by atoms with Crippen LogP contribution < -0.4 is 5.43 Å². The highest BCUT2D eigenvalue weighted by molar-refractivity contribution is 7.89. The predicted octanol–water partition coefficient (Wildman–Crippen LogP) is 0.832. The molecule has 1 heterocycles. The Morgan fingerprint density at radius 1 is 1.30 bits per heavy atom. The van der Waals surface area contributed by atoms with Crippen molar-refractivity contribution in [1.29, 1.82) is 0 Å². The molecule has 0 aliphatic rings. The molecule has 0 bridgehead atoms. The SMILES string of the molecule is CC(O)c1c[nH]c2ccc(S(=O)(=O)N(C)C)cc2c1=O. The molecular formula is C13H16N2O4S. The van der Waals surface area contributed by atoms with Gasteiger partial charge in [0.05, 0.1) is 11.0 Å². The van der Waals surface area contributed by atoms with Gasteiger partial charge in [0, 0.05) is 36.8 Å². The van der Waals surface area contributed by atoms with E-state index in [1.54, 1.807) is 6.07 Å². The lowest BCUT2D eigenvalue weighted by atomic mass is 10.1. The minimum atomic E-state index is -3.60. The van der Waals surface area contributed by atoms with Gasteiger partial charge in [0.1, 0.15) is 0 Å². The second-order valence-electron chi connectivity index (χ2n) is 4.74. The number of hydrogen-bond donors (Lipinski definition) is 2. The minimum absolute atomic E-state index is 0.0447. The van der Waals surface area contributed by atoms with Gasteiger partial charge < -0.3 is 10.1 Å². The van der Waals surface area contributed by atoms with Crippen LogP contribution in [0.1, 0.15) is 18.6 Å². The Hall–Kier alpha value is -1.70. The summed E-state index contributed by atoms with van der Waals surface area (Å²) in [6.07, 6.45) is 0.521. The lowest BCUT2D eigenvalue weighted by molar-refractivity contribution is 0.198. The molecule has 0 spiro atoms. The van der Waals surface area contributed by atoms with E-state index in [1.807, 2.05) is 0 Å². The van der Waals surface area contributed by atoms with Gasteiger partial charge >= 0.3 is 0 Å². The first-order valence-corrected chi connectivity index (χ1v) is 7.45. The minimum Gasteiger partial charge on any atom is -0.389 e. The predicted molar refractivity (Wildman–Crippen MR) is 76.1 cm³/mol. The first-order chi connectivity index (χ1) is 9.25. The number of hydrogen-bond acceptors (Lipinski definition) is 4. The van der Waals surface area contributed by atoms with Crippen molar-refractivity contribution < 1.29 is 13.5 Å². The molecule has 2 aromatic rings. The van der Waals surface area contributed by atoms with Gasteiger partial charge in [-0.25, -0.2) is 12.7 Å². The summed E-state index contributed by atoms with van der Waals surface area (Å²) in [5.41, 5.74) is 0.360. The third-order valence-electron chi connectivity index (χ3n) is 3.11. The zero-order chi connectivity index (χ0) is 15.1. The second kappa shape index (κ2) is 5.01. The summed E-state index contributed by atoms with van der Waals surface area (Å²) in [4.78, 5) is 15.2. The number of benzene rings is 1. The molecule has 0 radical (unpaired) electrons. The van der Waals surface area contributed by atoms with Gasteiger partial charge in [-0.15, -0.1) is 0 Å². The van der Waals surface area contributed by atoms with Gasteiger partial charge in [-0.2, -0.15) is 0 Å². The molecule has 6 nitrogen and oxygen atoms in total. The Bertz CT molecular complexity index is 807. The van der Waals surface area contributed by atoms with E-state index < -0.39 is 16.1 Å². The van der Waals surface area contributed by atoms with E-state index in [2.05, 4.69) is 4.98 Å². The molecule has 0 aliphatic heterocycles. The zero-order valence-electron chi connectivity index (χ0n) is 11.4. The number of nitrogens with zero attached hydrogens (tertiary/aromatic N) is 1. The van der Waals surface area contributed by atoms with E-state index in [0.717, 1.165) is 4.31 Å². The van der Waals surface area contributed by atoms with Gasteiger partial charge in [0.25, 0.3) is 0 Å². The van der Waals surface area contributed by atoms with Crippen molar-refractivity contribution in [2.24, 2.45) is 0 Å². The number of aliphatic hydroxyl groups excluding tert-OH is 1. The van der Waals surface area contributed by atoms with Crippen LogP contribution in [0, 0.1) is 0 Å². The van der Waals surface area contributed by atoms with Crippen LogP contribution in [0.25, 0.3) is 10.9 Å². The number of aliphatic hydroxyl groups is 1. The van der Waals surface area contributed by atoms with Crippen LogP contribution in [-0.4, -0.2) is 36.9 Å². The Morgan fingerprint density at radius 3 is 2.50 bits per heavy atom. The molecule has 1 aromatic carbocycles. The van der Waals surface area contributed by atoms with Crippen LogP contribution in [0.3, 0.4) is 0 Å². The van der Waals surface area contributed by atoms with Crippen molar-refractivity contribution in [3.63, 3.8) is 0 Å². The van der Waals surface area contributed by atoms with Gasteiger partial charge in [0.15, 0.2) is 5.43 Å². The molecular weight excluding hydrogens is 280 g/mol. The van der Waals surface area contributed by atoms with Gasteiger partial charge in [-0.1, -0.05) is 0 Å². The van der Waals surface area contributed by atoms with Crippen LogP contribution in [0.5, 0.6) is 0 Å². The third kappa shape index (κ3) is 2.35. The summed E-state index contributed by atoms with van der Waals surface area (Å²) in [6, 6.07) is 4.31. The van der Waals surface area contributed by atoms with E-state index in [-0.39, 0.29) is 21.3 Å². The van der Waals surface area contributed by atoms with E-state index in [1.165, 1.54) is 39.3 Å². The molecule has 0 aliphatic carbocycles. The molecule has 0 saturated heterocycles. The number of fused-ring (bicyclic) bond motifs is 1. The molecule has 108 valence electrons. The van der Waals surface area contributed by atoms with Crippen molar-refractivity contribution in [3.8, 4) is 0 Å². The molecule has 1 aromatic heterocycles. The number of aromatic nitrogens is 1. The normalized spacial score (nSPS) is 13.8. The molecule has 0 fully saturated rings. The molecule has 7 heteroatoms. The highest BCUT2D eigenvalue weighted by Gasteiger charge is 2.19. The highest BCUT2D eigenvalue weighted by atomic mass is 32.2. The maximum absolute atomic E-state index is 12.2. The average Bonchev–Trinajstić information content (AvgIpc) is 2.38. The van der Waals surface area contributed by atoms with E-state index in [0.29, 0.717) is 5.52 Å². The van der Waals surface area contributed by atoms with Gasteiger partial charge in [-0.3, -0.25) is 4.79 Å². The fraction of sp³-hybridized carbons (Fsp3) is 0.308. The van der Waals surface area contributed by atoms with Crippen molar-refractivity contribution >= 4 is 20.9 Å². The molecule has 1 atom stereocenters. The average molecular weight is 296 g/mol. The summed E-state index contributed by atoms with van der Waals surface area (Å²) >= 11 is 0. The van der Waals surface area contributed by atoms with Crippen molar-refractivity contribution in [3.05, 3.63) is 40.2 Å². The lowest BCUT2D eigenvalue weighted by Crippen LogP contribution is -2.22. The Morgan fingerprint density at radius 2 is 1.95 bits per heavy atom. The number of rotatable bonds is 3. The lowest BCUT2D eigenvalue weighted by Gasteiger charge is -2.12. The summed E-state index contributed by atoms with van der Waals surface area (Å²) in [5, 5.41) is 9.78. The van der Waals surface area contributed by atoms with Crippen LogP contribution >= 0.6 is 0 Å². The fourth-order valence-corrected chi connectivity index (χ4v) is 2.82. The quantitative estimate of drug-likeness (QED) is 0.878. The zero-order valence-corrected chi connectivity index (χ0v) is 12.2. The molecule has 1 unspecified atom stereocenters. The summed E-state index contributed by atoms with van der Waals surface area (Å²) in [7, 11) is -0.747. The fourth-order valence-electron chi connectivity index (χ4n) is 1.90. The number of nitrogens with one attached hydrogen (secondary N) is 1. The smallest absolute Gasteiger partial charge is 0.242 e. The Kier molecular flexibility index (Phi) is 3.68. The number of pyridine rings is 1. The highest BCUT2D eigenvalue weighted by Crippen LogP contribution is 2.19. The largest absolute Gasteiger partial charge is 0.389 e. The van der Waals surface area contributed by atoms with E-state index >= 15 is 0 Å². The molecule has 20 heavy (non-hydrogen) atoms. The Labute approximate surface area is 116 Å². The topological polar surface area (TPSA) is 90.5 Å².